The molecule has 1 N–H and O–H groups in total. The van der Waals surface area contributed by atoms with Crippen molar-refractivity contribution in [3.05, 3.63) is 48.0 Å². The fourth-order valence-corrected chi connectivity index (χ4v) is 3.49. The summed E-state index contributed by atoms with van der Waals surface area (Å²) in [7, 11) is 0.384. The number of ether oxygens (including phenoxy) is 2. The number of rotatable bonds is 7. The van der Waals surface area contributed by atoms with Crippen molar-refractivity contribution in [1.29, 1.82) is 0 Å². The second kappa shape index (κ2) is 8.20. The number of benzene rings is 2. The molecule has 0 heterocycles. The Balaban J connectivity index is 2.16. The van der Waals surface area contributed by atoms with Crippen molar-refractivity contribution in [2.75, 3.05) is 33.1 Å². The third-order valence-corrected chi connectivity index (χ3v) is 5.65. The van der Waals surface area contributed by atoms with Gasteiger partial charge in [-0.3, -0.25) is 4.79 Å². The monoisotopic (exact) mass is 378 g/mol. The van der Waals surface area contributed by atoms with Gasteiger partial charge in [-0.25, -0.2) is 8.42 Å². The molecule has 140 valence electrons. The Morgan fingerprint density at radius 3 is 2.35 bits per heavy atom. The van der Waals surface area contributed by atoms with Gasteiger partial charge in [-0.15, -0.1) is 0 Å². The molecule has 0 aliphatic carbocycles. The molecule has 0 atom stereocenters. The lowest BCUT2D eigenvalue weighted by molar-refractivity contribution is -0.116. The molecule has 0 spiro atoms. The van der Waals surface area contributed by atoms with Crippen molar-refractivity contribution in [3.63, 3.8) is 0 Å². The first kappa shape index (κ1) is 19.7. The van der Waals surface area contributed by atoms with Crippen LogP contribution in [0.1, 0.15) is 5.56 Å². The molecule has 0 unspecified atom stereocenters. The Hall–Kier alpha value is -2.58. The number of methoxy groups -OCH3 is 2. The number of para-hydroxylation sites is 1. The minimum Gasteiger partial charge on any atom is -0.493 e. The van der Waals surface area contributed by atoms with Gasteiger partial charge in [0.15, 0.2) is 11.5 Å². The first-order chi connectivity index (χ1) is 12.3. The number of hydrogen-bond donors (Lipinski definition) is 1. The van der Waals surface area contributed by atoms with E-state index in [0.29, 0.717) is 17.2 Å². The number of nitrogens with zero attached hydrogens (tertiary/aromatic N) is 1. The number of aryl methyl sites for hydroxylation is 1. The Bertz CT molecular complexity index is 896. The maximum Gasteiger partial charge on any atom is 0.243 e. The van der Waals surface area contributed by atoms with Crippen LogP contribution in [0.15, 0.2) is 47.4 Å². The number of carbonyl (C=O) groups is 1. The SMILES string of the molecule is COc1ccc(S(=O)(=O)N(C)CC(=O)Nc2ccccc2C)cc1OC. The lowest BCUT2D eigenvalue weighted by Gasteiger charge is -2.18. The van der Waals surface area contributed by atoms with Crippen LogP contribution in [0.2, 0.25) is 0 Å². The summed E-state index contributed by atoms with van der Waals surface area (Å²) in [6.45, 7) is 1.55. The minimum absolute atomic E-state index is 0.0151. The summed E-state index contributed by atoms with van der Waals surface area (Å²) in [4.78, 5) is 12.2. The summed E-state index contributed by atoms with van der Waals surface area (Å²) in [6.07, 6.45) is 0. The molecule has 2 aromatic carbocycles. The average Bonchev–Trinajstić information content (AvgIpc) is 2.62. The van der Waals surface area contributed by atoms with E-state index in [4.69, 9.17) is 9.47 Å². The second-order valence-electron chi connectivity index (χ2n) is 5.64. The Morgan fingerprint density at radius 2 is 1.73 bits per heavy atom. The minimum atomic E-state index is -3.86. The van der Waals surface area contributed by atoms with E-state index >= 15 is 0 Å². The molecule has 26 heavy (non-hydrogen) atoms. The molecular weight excluding hydrogens is 356 g/mol. The maximum absolute atomic E-state index is 12.7. The van der Waals surface area contributed by atoms with Gasteiger partial charge in [0.2, 0.25) is 15.9 Å². The van der Waals surface area contributed by atoms with Crippen molar-refractivity contribution in [2.45, 2.75) is 11.8 Å². The highest BCUT2D eigenvalue weighted by atomic mass is 32.2. The Kier molecular flexibility index (Phi) is 6.23. The van der Waals surface area contributed by atoms with E-state index in [1.165, 1.54) is 39.5 Å². The zero-order chi connectivity index (χ0) is 19.3. The van der Waals surface area contributed by atoms with Crippen molar-refractivity contribution in [1.82, 2.24) is 4.31 Å². The maximum atomic E-state index is 12.7. The number of amides is 1. The smallest absolute Gasteiger partial charge is 0.243 e. The summed E-state index contributed by atoms with van der Waals surface area (Å²) in [5, 5.41) is 2.72. The number of sulfonamides is 1. The normalized spacial score (nSPS) is 11.3. The molecular formula is C18H22N2O5S. The molecule has 0 aromatic heterocycles. The molecule has 2 rings (SSSR count). The summed E-state index contributed by atoms with van der Waals surface area (Å²) in [6, 6.07) is 11.6. The van der Waals surface area contributed by atoms with E-state index < -0.39 is 15.9 Å². The summed E-state index contributed by atoms with van der Waals surface area (Å²) in [5.41, 5.74) is 1.54. The summed E-state index contributed by atoms with van der Waals surface area (Å²) >= 11 is 0. The highest BCUT2D eigenvalue weighted by Crippen LogP contribution is 2.30. The molecule has 0 aliphatic heterocycles. The lowest BCUT2D eigenvalue weighted by Crippen LogP contribution is -2.35. The molecule has 7 nitrogen and oxygen atoms in total. The molecule has 0 fully saturated rings. The molecule has 0 bridgehead atoms. The number of hydrogen-bond acceptors (Lipinski definition) is 5. The number of carbonyl (C=O) groups excluding carboxylic acids is 1. The topological polar surface area (TPSA) is 84.9 Å². The van der Waals surface area contributed by atoms with Gasteiger partial charge in [-0.2, -0.15) is 4.31 Å². The molecule has 1 amide bonds. The van der Waals surface area contributed by atoms with Crippen LogP contribution >= 0.6 is 0 Å². The molecule has 0 aliphatic rings. The molecule has 2 aromatic rings. The van der Waals surface area contributed by atoms with E-state index in [9.17, 15) is 13.2 Å². The van der Waals surface area contributed by atoms with Gasteiger partial charge in [-0.05, 0) is 30.7 Å². The number of anilines is 1. The van der Waals surface area contributed by atoms with Crippen LogP contribution in [0.25, 0.3) is 0 Å². The van der Waals surface area contributed by atoms with Crippen LogP contribution in [0.3, 0.4) is 0 Å². The highest BCUT2D eigenvalue weighted by Gasteiger charge is 2.24. The van der Waals surface area contributed by atoms with Crippen LogP contribution in [0.5, 0.6) is 11.5 Å². The van der Waals surface area contributed by atoms with E-state index in [1.807, 2.05) is 19.1 Å². The molecule has 0 saturated carbocycles. The molecule has 8 heteroatoms. The highest BCUT2D eigenvalue weighted by molar-refractivity contribution is 7.89. The van der Waals surface area contributed by atoms with Crippen LogP contribution in [-0.4, -0.2) is 46.4 Å². The third kappa shape index (κ3) is 4.33. The fourth-order valence-electron chi connectivity index (χ4n) is 2.35. The number of likely N-dealkylation sites (N-methyl/N-ethyl adjacent to an activating group) is 1. The van der Waals surface area contributed by atoms with Gasteiger partial charge in [0.1, 0.15) is 0 Å². The van der Waals surface area contributed by atoms with Gasteiger partial charge < -0.3 is 14.8 Å². The van der Waals surface area contributed by atoms with E-state index in [2.05, 4.69) is 5.32 Å². The van der Waals surface area contributed by atoms with Crippen molar-refractivity contribution < 1.29 is 22.7 Å². The van der Waals surface area contributed by atoms with E-state index in [-0.39, 0.29) is 11.4 Å². The Morgan fingerprint density at radius 1 is 1.08 bits per heavy atom. The second-order valence-corrected chi connectivity index (χ2v) is 7.69. The summed E-state index contributed by atoms with van der Waals surface area (Å²) in [5.74, 6) is 0.295. The zero-order valence-corrected chi connectivity index (χ0v) is 16.0. The fraction of sp³-hybridized carbons (Fsp3) is 0.278. The van der Waals surface area contributed by atoms with E-state index in [0.717, 1.165) is 9.87 Å². The molecule has 0 saturated heterocycles. The van der Waals surface area contributed by atoms with Gasteiger partial charge >= 0.3 is 0 Å². The van der Waals surface area contributed by atoms with Crippen molar-refractivity contribution in [3.8, 4) is 11.5 Å². The predicted molar refractivity (Wildman–Crippen MR) is 99.2 cm³/mol. The number of nitrogens with one attached hydrogen (secondary N) is 1. The van der Waals surface area contributed by atoms with Crippen molar-refractivity contribution >= 4 is 21.6 Å². The van der Waals surface area contributed by atoms with E-state index in [1.54, 1.807) is 12.1 Å². The summed E-state index contributed by atoms with van der Waals surface area (Å²) < 4.78 is 36.6. The first-order valence-corrected chi connectivity index (χ1v) is 9.27. The zero-order valence-electron chi connectivity index (χ0n) is 15.1. The third-order valence-electron chi connectivity index (χ3n) is 3.85. The predicted octanol–water partition coefficient (Wildman–Crippen LogP) is 2.27. The lowest BCUT2D eigenvalue weighted by atomic mass is 10.2. The largest absolute Gasteiger partial charge is 0.493 e. The van der Waals surface area contributed by atoms with Crippen LogP contribution in [-0.2, 0) is 14.8 Å². The standard InChI is InChI=1S/C18H22N2O5S/c1-13-7-5-6-8-15(13)19-18(21)12-20(2)26(22,23)14-9-10-16(24-3)17(11-14)25-4/h5-11H,12H2,1-4H3,(H,19,21). The van der Waals surface area contributed by atoms with Gasteiger partial charge in [-0.1, -0.05) is 18.2 Å². The van der Waals surface area contributed by atoms with Crippen LogP contribution in [0.4, 0.5) is 5.69 Å². The van der Waals surface area contributed by atoms with Crippen molar-refractivity contribution in [2.24, 2.45) is 0 Å². The van der Waals surface area contributed by atoms with Gasteiger partial charge in [0, 0.05) is 18.8 Å². The molecule has 0 radical (unpaired) electrons. The average molecular weight is 378 g/mol. The first-order valence-electron chi connectivity index (χ1n) is 7.83. The van der Waals surface area contributed by atoms with Crippen LogP contribution < -0.4 is 14.8 Å². The van der Waals surface area contributed by atoms with Gasteiger partial charge in [0.05, 0.1) is 25.7 Å². The quantitative estimate of drug-likeness (QED) is 0.799. The van der Waals surface area contributed by atoms with Gasteiger partial charge in [0.25, 0.3) is 0 Å². The Labute approximate surface area is 153 Å². The van der Waals surface area contributed by atoms with Crippen LogP contribution in [0, 0.1) is 6.92 Å².